The van der Waals surface area contributed by atoms with Gasteiger partial charge in [-0.25, -0.2) is 0 Å². The van der Waals surface area contributed by atoms with E-state index in [4.69, 9.17) is 4.74 Å². The summed E-state index contributed by atoms with van der Waals surface area (Å²) < 4.78 is 18.2. The van der Waals surface area contributed by atoms with Crippen molar-refractivity contribution in [1.82, 2.24) is 0 Å². The van der Waals surface area contributed by atoms with Crippen LogP contribution >= 0.6 is 23.1 Å². The first-order valence-electron chi connectivity index (χ1n) is 5.00. The van der Waals surface area contributed by atoms with Gasteiger partial charge in [0.25, 0.3) is 0 Å². The summed E-state index contributed by atoms with van der Waals surface area (Å²) >= 11 is 3.54. The molecule has 4 heteroatoms. The van der Waals surface area contributed by atoms with Crippen molar-refractivity contribution in [3.05, 3.63) is 30.3 Å². The van der Waals surface area contributed by atoms with E-state index in [0.717, 1.165) is 17.9 Å². The molecule has 1 saturated heterocycles. The topological polar surface area (TPSA) is 26.3 Å². The number of rotatable bonds is 2. The molecular weight excluding hydrogens is 275 g/mol. The lowest BCUT2D eigenvalue weighted by Gasteiger charge is -2.21. The minimum Gasteiger partial charge on any atom is -0.372 e. The molecule has 0 N–H and O–H groups in total. The van der Waals surface area contributed by atoms with Crippen LogP contribution in [0.5, 0.6) is 0 Å². The van der Waals surface area contributed by atoms with Crippen molar-refractivity contribution >= 4 is 28.4 Å². The van der Waals surface area contributed by atoms with E-state index in [0.29, 0.717) is 0 Å². The van der Waals surface area contributed by atoms with E-state index in [1.165, 1.54) is 0 Å². The predicted molar refractivity (Wildman–Crippen MR) is 66.7 cm³/mol. The van der Waals surface area contributed by atoms with E-state index < -0.39 is 7.14 Å². The van der Waals surface area contributed by atoms with Gasteiger partial charge in [-0.3, -0.25) is 0 Å². The average molecular weight is 289 g/mol. The number of ether oxygens (including phenoxy) is 1. The van der Waals surface area contributed by atoms with Gasteiger partial charge in [-0.05, 0) is 6.42 Å². The highest BCUT2D eigenvalue weighted by Crippen LogP contribution is 2.58. The fourth-order valence-corrected chi connectivity index (χ4v) is 7.22. The van der Waals surface area contributed by atoms with Crippen LogP contribution in [-0.4, -0.2) is 23.9 Å². The zero-order valence-corrected chi connectivity index (χ0v) is 11.1. The highest BCUT2D eigenvalue weighted by molar-refractivity contribution is 9.09. The van der Waals surface area contributed by atoms with Gasteiger partial charge >= 0.3 is 0 Å². The van der Waals surface area contributed by atoms with Crippen molar-refractivity contribution in [2.45, 2.75) is 17.1 Å². The summed E-state index contributed by atoms with van der Waals surface area (Å²) in [6.45, 7) is 0. The molecule has 82 valence electrons. The maximum absolute atomic E-state index is 12.8. The summed E-state index contributed by atoms with van der Waals surface area (Å²) in [7, 11) is -0.719. The molecule has 0 saturated carbocycles. The molecule has 0 radical (unpaired) electrons. The lowest BCUT2D eigenvalue weighted by Crippen LogP contribution is -2.21. The Morgan fingerprint density at radius 1 is 1.40 bits per heavy atom. The summed E-state index contributed by atoms with van der Waals surface area (Å²) in [5, 5.41) is 0.943. The highest BCUT2D eigenvalue weighted by atomic mass is 79.9. The van der Waals surface area contributed by atoms with E-state index in [1.807, 2.05) is 30.3 Å². The number of hydrogen-bond acceptors (Lipinski definition) is 2. The summed E-state index contributed by atoms with van der Waals surface area (Å²) in [6.07, 6.45) is 1.66. The van der Waals surface area contributed by atoms with Crippen molar-refractivity contribution in [2.24, 2.45) is 0 Å². The molecule has 1 aliphatic heterocycles. The monoisotopic (exact) mass is 288 g/mol. The van der Waals surface area contributed by atoms with Crippen LogP contribution in [0, 0.1) is 0 Å². The molecule has 1 fully saturated rings. The lowest BCUT2D eigenvalue weighted by atomic mass is 10.4. The fourth-order valence-electron chi connectivity index (χ4n) is 2.12. The van der Waals surface area contributed by atoms with E-state index in [9.17, 15) is 4.57 Å². The molecule has 1 aliphatic rings. The summed E-state index contributed by atoms with van der Waals surface area (Å²) in [5.74, 6) is -0.167. The van der Waals surface area contributed by atoms with E-state index >= 15 is 0 Å². The number of hydrogen-bond donors (Lipinski definition) is 0. The third-order valence-electron chi connectivity index (χ3n) is 2.89. The Bertz CT molecular complexity index is 379. The Balaban J connectivity index is 2.39. The van der Waals surface area contributed by atoms with Crippen LogP contribution in [0.4, 0.5) is 0 Å². The minimum absolute atomic E-state index is 0.167. The first-order chi connectivity index (χ1) is 7.18. The van der Waals surface area contributed by atoms with Crippen molar-refractivity contribution < 1.29 is 9.30 Å². The largest absolute Gasteiger partial charge is 0.372 e. The van der Waals surface area contributed by atoms with Gasteiger partial charge in [0.1, 0.15) is 13.0 Å². The van der Waals surface area contributed by atoms with Gasteiger partial charge in [0.05, 0.1) is 0 Å². The Hall–Kier alpha value is -0.110. The average Bonchev–Trinajstić information content (AvgIpc) is 2.57. The number of methoxy groups -OCH3 is 1. The minimum atomic E-state index is -2.36. The molecule has 1 heterocycles. The van der Waals surface area contributed by atoms with Crippen LogP contribution in [0.25, 0.3) is 0 Å². The number of alkyl halides is 1. The van der Waals surface area contributed by atoms with Gasteiger partial charge in [-0.2, -0.15) is 0 Å². The molecule has 0 spiro atoms. The Kier molecular flexibility index (Phi) is 3.34. The SMILES string of the molecule is CO[C@H]1[C@H](Br)CC[P@@]1(=O)c1ccccc1. The quantitative estimate of drug-likeness (QED) is 0.618. The molecule has 15 heavy (non-hydrogen) atoms. The third kappa shape index (κ3) is 1.93. The van der Waals surface area contributed by atoms with Crippen LogP contribution in [0.1, 0.15) is 6.42 Å². The van der Waals surface area contributed by atoms with Gasteiger partial charge in [-0.1, -0.05) is 46.3 Å². The van der Waals surface area contributed by atoms with Crippen molar-refractivity contribution in [1.29, 1.82) is 0 Å². The Morgan fingerprint density at radius 3 is 2.67 bits per heavy atom. The van der Waals surface area contributed by atoms with E-state index in [1.54, 1.807) is 7.11 Å². The molecule has 3 atom stereocenters. The summed E-state index contributed by atoms with van der Waals surface area (Å²) in [4.78, 5) is 0.216. The van der Waals surface area contributed by atoms with Gasteiger partial charge in [0, 0.05) is 23.4 Å². The first-order valence-corrected chi connectivity index (χ1v) is 7.87. The smallest absolute Gasteiger partial charge is 0.144 e. The normalized spacial score (nSPS) is 35.6. The van der Waals surface area contributed by atoms with Crippen LogP contribution < -0.4 is 5.30 Å². The molecule has 0 aliphatic carbocycles. The number of halogens is 1. The second kappa shape index (κ2) is 4.40. The first kappa shape index (κ1) is 11.4. The second-order valence-corrected chi connectivity index (χ2v) is 8.03. The van der Waals surface area contributed by atoms with Gasteiger partial charge < -0.3 is 9.30 Å². The molecule has 1 aromatic carbocycles. The van der Waals surface area contributed by atoms with Crippen LogP contribution in [0.3, 0.4) is 0 Å². The molecule has 0 aromatic heterocycles. The van der Waals surface area contributed by atoms with Gasteiger partial charge in [0.15, 0.2) is 0 Å². The maximum Gasteiger partial charge on any atom is 0.144 e. The zero-order valence-electron chi connectivity index (χ0n) is 8.60. The fraction of sp³-hybridized carbons (Fsp3) is 0.455. The van der Waals surface area contributed by atoms with E-state index in [-0.39, 0.29) is 10.7 Å². The van der Waals surface area contributed by atoms with Crippen molar-refractivity contribution in [3.63, 3.8) is 0 Å². The summed E-state index contributed by atoms with van der Waals surface area (Å²) in [5.41, 5.74) is 0. The van der Waals surface area contributed by atoms with Gasteiger partial charge in [0.2, 0.25) is 0 Å². The van der Waals surface area contributed by atoms with E-state index in [2.05, 4.69) is 15.9 Å². The standard InChI is InChI=1S/C11H14BrO2P/c1-14-11-10(12)7-8-15(11,13)9-5-3-2-4-6-9/h2-6,10-11H,7-8H2,1H3/t10-,11-,15-/m1/s1. The molecule has 0 unspecified atom stereocenters. The van der Waals surface area contributed by atoms with Crippen LogP contribution in [-0.2, 0) is 9.30 Å². The zero-order chi connectivity index (χ0) is 10.9. The van der Waals surface area contributed by atoms with Crippen molar-refractivity contribution in [3.8, 4) is 0 Å². The Labute approximate surface area is 98.5 Å². The molecular formula is C11H14BrO2P. The molecule has 1 aromatic rings. The summed E-state index contributed by atoms with van der Waals surface area (Å²) in [6, 6.07) is 9.70. The second-order valence-electron chi connectivity index (χ2n) is 3.79. The maximum atomic E-state index is 12.8. The van der Waals surface area contributed by atoms with Gasteiger partial charge in [-0.15, -0.1) is 0 Å². The molecule has 2 nitrogen and oxygen atoms in total. The lowest BCUT2D eigenvalue weighted by molar-refractivity contribution is 0.168. The third-order valence-corrected chi connectivity index (χ3v) is 7.73. The molecule has 0 amide bonds. The van der Waals surface area contributed by atoms with Crippen LogP contribution in [0.15, 0.2) is 30.3 Å². The Morgan fingerprint density at radius 2 is 2.07 bits per heavy atom. The van der Waals surface area contributed by atoms with Crippen molar-refractivity contribution in [2.75, 3.05) is 13.3 Å². The molecule has 2 rings (SSSR count). The predicted octanol–water partition coefficient (Wildman–Crippen LogP) is 2.81. The molecule has 0 bridgehead atoms. The van der Waals surface area contributed by atoms with Crippen LogP contribution in [0.2, 0.25) is 0 Å². The highest BCUT2D eigenvalue weighted by Gasteiger charge is 2.45. The number of benzene rings is 1.